The van der Waals surface area contributed by atoms with Crippen LogP contribution in [0.4, 0.5) is 0 Å². The molecule has 0 fully saturated rings. The number of pyridine rings is 1. The predicted molar refractivity (Wildman–Crippen MR) is 103 cm³/mol. The molecular weight excluding hydrogens is 334 g/mol. The highest BCUT2D eigenvalue weighted by molar-refractivity contribution is 7.19. The van der Waals surface area contributed by atoms with E-state index in [1.54, 1.807) is 10.4 Å². The lowest BCUT2D eigenvalue weighted by molar-refractivity contribution is 0.496. The molecule has 0 N–H and O–H groups in total. The first-order valence-electron chi connectivity index (χ1n) is 8.92. The monoisotopic (exact) mass is 353 g/mol. The molecule has 0 bridgehead atoms. The summed E-state index contributed by atoms with van der Waals surface area (Å²) in [5, 5.41) is 2.25. The van der Waals surface area contributed by atoms with Gasteiger partial charge in [0.05, 0.1) is 0 Å². The van der Waals surface area contributed by atoms with E-state index in [1.807, 2.05) is 23.5 Å². The molecule has 3 aromatic rings. The molecule has 2 aliphatic rings. The molecule has 5 rings (SSSR count). The minimum absolute atomic E-state index is 0.745. The lowest BCUT2D eigenvalue weighted by Gasteiger charge is -2.24. The van der Waals surface area contributed by atoms with Crippen molar-refractivity contribution in [2.24, 2.45) is 5.92 Å². The molecule has 0 amide bonds. The van der Waals surface area contributed by atoms with Gasteiger partial charge in [-0.3, -0.25) is 0 Å². The second-order valence-corrected chi connectivity index (χ2v) is 8.82. The third-order valence-electron chi connectivity index (χ3n) is 5.60. The Morgan fingerprint density at radius 2 is 1.92 bits per heavy atom. The van der Waals surface area contributed by atoms with Crippen LogP contribution in [0.1, 0.15) is 41.5 Å². The van der Waals surface area contributed by atoms with Crippen LogP contribution in [0.15, 0.2) is 24.3 Å². The van der Waals surface area contributed by atoms with Gasteiger partial charge in [0.1, 0.15) is 4.83 Å². The zero-order chi connectivity index (χ0) is 16.3. The van der Waals surface area contributed by atoms with Crippen LogP contribution in [0.25, 0.3) is 21.3 Å². The van der Waals surface area contributed by atoms with Crippen LogP contribution < -0.4 is 0 Å². The first-order valence-corrected chi connectivity index (χ1v) is 10.1. The molecule has 2 heterocycles. The Labute approximate surface area is 151 Å². The van der Waals surface area contributed by atoms with Crippen LogP contribution in [0.2, 0.25) is 5.02 Å². The lowest BCUT2D eigenvalue weighted by Crippen LogP contribution is -2.14. The predicted octanol–water partition coefficient (Wildman–Crippen LogP) is 6.23. The Morgan fingerprint density at radius 3 is 2.75 bits per heavy atom. The number of halogens is 1. The number of aryl methyl sites for hydroxylation is 3. The van der Waals surface area contributed by atoms with Gasteiger partial charge in [-0.05, 0) is 78.8 Å². The van der Waals surface area contributed by atoms with Gasteiger partial charge >= 0.3 is 0 Å². The van der Waals surface area contributed by atoms with Crippen molar-refractivity contribution in [1.82, 2.24) is 4.98 Å². The Kier molecular flexibility index (Phi) is 3.46. The molecule has 1 atom stereocenters. The van der Waals surface area contributed by atoms with Crippen molar-refractivity contribution < 1.29 is 0 Å². The van der Waals surface area contributed by atoms with Gasteiger partial charge in [-0.2, -0.15) is 0 Å². The Hall–Kier alpha value is -1.38. The quantitative estimate of drug-likeness (QED) is 0.505. The van der Waals surface area contributed by atoms with Gasteiger partial charge < -0.3 is 0 Å². The van der Waals surface area contributed by atoms with Gasteiger partial charge in [0.2, 0.25) is 0 Å². The Balaban J connectivity index is 1.87. The number of fused-ring (bicyclic) bond motifs is 4. The average Bonchev–Trinajstić information content (AvgIpc) is 3.15. The molecule has 3 heteroatoms. The fraction of sp³-hybridized carbons (Fsp3) is 0.381. The summed E-state index contributed by atoms with van der Waals surface area (Å²) in [6, 6.07) is 8.42. The van der Waals surface area contributed by atoms with E-state index in [0.29, 0.717) is 0 Å². The smallest absolute Gasteiger partial charge is 0.124 e. The number of nitrogens with zero attached hydrogens (tertiary/aromatic N) is 1. The standard InChI is InChI=1S/C21H20ClNS/c1-12-5-10-17-16(11-12)19(13-6-8-14(22)9-7-13)20-15-3-2-4-18(15)24-21(20)23-17/h6-9,12H,2-5,10-11H2,1H3/t12-/m0/s1. The van der Waals surface area contributed by atoms with Crippen LogP contribution in [-0.4, -0.2) is 4.98 Å². The minimum Gasteiger partial charge on any atom is -0.242 e. The van der Waals surface area contributed by atoms with Gasteiger partial charge in [-0.25, -0.2) is 4.98 Å². The fourth-order valence-electron chi connectivity index (χ4n) is 4.41. The second kappa shape index (κ2) is 5.57. The molecule has 1 aromatic carbocycles. The van der Waals surface area contributed by atoms with Crippen LogP contribution in [-0.2, 0) is 25.7 Å². The van der Waals surface area contributed by atoms with E-state index in [9.17, 15) is 0 Å². The van der Waals surface area contributed by atoms with Gasteiger partial charge in [0.15, 0.2) is 0 Å². The summed E-state index contributed by atoms with van der Waals surface area (Å²) in [6.07, 6.45) is 7.28. The van der Waals surface area contributed by atoms with Crippen LogP contribution in [0, 0.1) is 5.92 Å². The summed E-state index contributed by atoms with van der Waals surface area (Å²) in [5.74, 6) is 0.745. The number of benzene rings is 1. The van der Waals surface area contributed by atoms with Crippen molar-refractivity contribution in [3.8, 4) is 11.1 Å². The maximum Gasteiger partial charge on any atom is 0.124 e. The first kappa shape index (κ1) is 14.9. The van der Waals surface area contributed by atoms with Crippen molar-refractivity contribution in [2.45, 2.75) is 45.4 Å². The first-order chi connectivity index (χ1) is 11.7. The van der Waals surface area contributed by atoms with E-state index in [0.717, 1.165) is 23.8 Å². The highest BCUT2D eigenvalue weighted by Gasteiger charge is 2.27. The normalized spacial score (nSPS) is 19.5. The lowest BCUT2D eigenvalue weighted by atomic mass is 9.82. The maximum absolute atomic E-state index is 6.15. The van der Waals surface area contributed by atoms with E-state index in [2.05, 4.69) is 19.1 Å². The molecule has 0 spiro atoms. The van der Waals surface area contributed by atoms with Crippen molar-refractivity contribution in [2.75, 3.05) is 0 Å². The van der Waals surface area contributed by atoms with Crippen molar-refractivity contribution in [3.63, 3.8) is 0 Å². The summed E-state index contributed by atoms with van der Waals surface area (Å²) in [7, 11) is 0. The molecule has 0 unspecified atom stereocenters. The molecule has 2 aromatic heterocycles. The third-order valence-corrected chi connectivity index (χ3v) is 7.04. The van der Waals surface area contributed by atoms with E-state index in [1.165, 1.54) is 58.3 Å². The van der Waals surface area contributed by atoms with Gasteiger partial charge in [0, 0.05) is 21.0 Å². The number of aromatic nitrogens is 1. The molecule has 0 saturated heterocycles. The van der Waals surface area contributed by atoms with Crippen LogP contribution in [0.5, 0.6) is 0 Å². The zero-order valence-electron chi connectivity index (χ0n) is 13.9. The molecule has 0 radical (unpaired) electrons. The van der Waals surface area contributed by atoms with Gasteiger partial charge in [0.25, 0.3) is 0 Å². The van der Waals surface area contributed by atoms with Crippen molar-refractivity contribution in [3.05, 3.63) is 51.0 Å². The average molecular weight is 354 g/mol. The summed E-state index contributed by atoms with van der Waals surface area (Å²) in [4.78, 5) is 7.94. The molecule has 0 aliphatic heterocycles. The van der Waals surface area contributed by atoms with E-state index >= 15 is 0 Å². The second-order valence-electron chi connectivity index (χ2n) is 7.30. The summed E-state index contributed by atoms with van der Waals surface area (Å²) < 4.78 is 0. The van der Waals surface area contributed by atoms with E-state index in [4.69, 9.17) is 16.6 Å². The largest absolute Gasteiger partial charge is 0.242 e. The third kappa shape index (κ3) is 2.23. The van der Waals surface area contributed by atoms with Gasteiger partial charge in [-0.15, -0.1) is 11.3 Å². The minimum atomic E-state index is 0.745. The summed E-state index contributed by atoms with van der Waals surface area (Å²) in [6.45, 7) is 2.37. The number of thiophene rings is 1. The molecule has 1 nitrogen and oxygen atoms in total. The summed E-state index contributed by atoms with van der Waals surface area (Å²) >= 11 is 8.08. The SMILES string of the molecule is C[C@H]1CCc2nc3sc4c(c3c(-c3ccc(Cl)cc3)c2C1)CCC4. The highest BCUT2D eigenvalue weighted by Crippen LogP contribution is 2.45. The van der Waals surface area contributed by atoms with E-state index < -0.39 is 0 Å². The molecule has 0 saturated carbocycles. The van der Waals surface area contributed by atoms with Crippen LogP contribution in [0.3, 0.4) is 0 Å². The molecular formula is C21H20ClNS. The van der Waals surface area contributed by atoms with Crippen LogP contribution >= 0.6 is 22.9 Å². The maximum atomic E-state index is 6.15. The molecule has 122 valence electrons. The molecule has 2 aliphatic carbocycles. The number of hydrogen-bond acceptors (Lipinski definition) is 2. The van der Waals surface area contributed by atoms with Crippen molar-refractivity contribution >= 4 is 33.2 Å². The Morgan fingerprint density at radius 1 is 1.08 bits per heavy atom. The van der Waals surface area contributed by atoms with Crippen molar-refractivity contribution in [1.29, 1.82) is 0 Å². The fourth-order valence-corrected chi connectivity index (χ4v) is 5.82. The number of rotatable bonds is 1. The zero-order valence-corrected chi connectivity index (χ0v) is 15.4. The highest BCUT2D eigenvalue weighted by atomic mass is 35.5. The Bertz CT molecular complexity index is 939. The van der Waals surface area contributed by atoms with Gasteiger partial charge in [-0.1, -0.05) is 30.7 Å². The number of hydrogen-bond donors (Lipinski definition) is 0. The summed E-state index contributed by atoms with van der Waals surface area (Å²) in [5.41, 5.74) is 7.18. The topological polar surface area (TPSA) is 12.9 Å². The molecule has 24 heavy (non-hydrogen) atoms. The van der Waals surface area contributed by atoms with E-state index in [-0.39, 0.29) is 0 Å².